The lowest BCUT2D eigenvalue weighted by Gasteiger charge is -2.21. The summed E-state index contributed by atoms with van der Waals surface area (Å²) in [6.07, 6.45) is 3.73. The normalized spacial score (nSPS) is 20.6. The van der Waals surface area contributed by atoms with Crippen LogP contribution in [0, 0.1) is 0 Å². The first-order valence-corrected chi connectivity index (χ1v) is 6.13. The van der Waals surface area contributed by atoms with Gasteiger partial charge in [-0.15, -0.1) is 0 Å². The summed E-state index contributed by atoms with van der Waals surface area (Å²) in [5.41, 5.74) is 1.22. The summed E-state index contributed by atoms with van der Waals surface area (Å²) in [6.45, 7) is 3.38. The maximum Gasteiger partial charge on any atom is 0.117 e. The average Bonchev–Trinajstić information content (AvgIpc) is 2.98. The van der Waals surface area contributed by atoms with Gasteiger partial charge in [0.1, 0.15) is 5.76 Å². The maximum absolute atomic E-state index is 5.51. The average molecular weight is 247 g/mol. The van der Waals surface area contributed by atoms with E-state index < -0.39 is 0 Å². The molecule has 5 nitrogen and oxygen atoms in total. The first kappa shape index (κ1) is 11.5. The number of aromatic nitrogens is 2. The molecular weight excluding hydrogens is 230 g/mol. The lowest BCUT2D eigenvalue weighted by atomic mass is 10.3. The second-order valence-electron chi connectivity index (χ2n) is 4.61. The Kier molecular flexibility index (Phi) is 3.17. The molecule has 0 amide bonds. The molecule has 0 saturated heterocycles. The second kappa shape index (κ2) is 4.96. The van der Waals surface area contributed by atoms with Crippen LogP contribution < -0.4 is 0 Å². The Hall–Kier alpha value is -1.59. The Labute approximate surface area is 106 Å². The Balaban J connectivity index is 1.78. The van der Waals surface area contributed by atoms with Crippen molar-refractivity contribution in [3.05, 3.63) is 42.1 Å². The fourth-order valence-corrected chi connectivity index (χ4v) is 2.38. The van der Waals surface area contributed by atoms with E-state index in [0.29, 0.717) is 0 Å². The molecule has 0 N–H and O–H groups in total. The molecule has 0 bridgehead atoms. The first-order chi connectivity index (χ1) is 8.85. The van der Waals surface area contributed by atoms with Crippen molar-refractivity contribution >= 4 is 0 Å². The van der Waals surface area contributed by atoms with Crippen LogP contribution in [0.4, 0.5) is 0 Å². The highest BCUT2D eigenvalue weighted by Crippen LogP contribution is 2.16. The van der Waals surface area contributed by atoms with E-state index in [1.54, 1.807) is 13.4 Å². The molecule has 0 saturated carbocycles. The van der Waals surface area contributed by atoms with Gasteiger partial charge in [-0.2, -0.15) is 5.10 Å². The number of fused-ring (bicyclic) bond motifs is 1. The van der Waals surface area contributed by atoms with Crippen LogP contribution in [0.5, 0.6) is 0 Å². The number of ether oxygens (including phenoxy) is 1. The molecule has 1 aliphatic rings. The van der Waals surface area contributed by atoms with Crippen molar-refractivity contribution in [2.24, 2.45) is 0 Å². The van der Waals surface area contributed by atoms with E-state index in [4.69, 9.17) is 9.15 Å². The standard InChI is InChI=1S/C13H17N3O2/c1-17-13-9-15(8-12-3-2-6-18-12)7-11-4-5-14-16(11)10-13/h2-6,13H,7-10H2,1H3. The van der Waals surface area contributed by atoms with Gasteiger partial charge in [0.05, 0.1) is 31.2 Å². The molecule has 0 spiro atoms. The van der Waals surface area contributed by atoms with Crippen molar-refractivity contribution in [1.29, 1.82) is 0 Å². The van der Waals surface area contributed by atoms with Gasteiger partial charge in [-0.05, 0) is 18.2 Å². The minimum absolute atomic E-state index is 0.168. The molecule has 5 heteroatoms. The fourth-order valence-electron chi connectivity index (χ4n) is 2.38. The summed E-state index contributed by atoms with van der Waals surface area (Å²) in [4.78, 5) is 2.33. The van der Waals surface area contributed by atoms with E-state index in [-0.39, 0.29) is 6.10 Å². The zero-order valence-electron chi connectivity index (χ0n) is 10.5. The monoisotopic (exact) mass is 247 g/mol. The third kappa shape index (κ3) is 2.32. The van der Waals surface area contributed by atoms with Gasteiger partial charge in [0.15, 0.2) is 0 Å². The highest BCUT2D eigenvalue weighted by molar-refractivity contribution is 5.04. The highest BCUT2D eigenvalue weighted by Gasteiger charge is 2.22. The molecule has 2 aromatic heterocycles. The molecular formula is C13H17N3O2. The van der Waals surface area contributed by atoms with Crippen LogP contribution in [0.2, 0.25) is 0 Å². The van der Waals surface area contributed by atoms with E-state index in [1.807, 2.05) is 23.0 Å². The van der Waals surface area contributed by atoms with Crippen molar-refractivity contribution in [1.82, 2.24) is 14.7 Å². The van der Waals surface area contributed by atoms with E-state index in [0.717, 1.165) is 31.9 Å². The minimum Gasteiger partial charge on any atom is -0.468 e. The number of hydrogen-bond acceptors (Lipinski definition) is 4. The van der Waals surface area contributed by atoms with Crippen LogP contribution in [0.3, 0.4) is 0 Å². The number of methoxy groups -OCH3 is 1. The number of hydrogen-bond donors (Lipinski definition) is 0. The maximum atomic E-state index is 5.51. The minimum atomic E-state index is 0.168. The van der Waals surface area contributed by atoms with E-state index in [1.165, 1.54) is 5.69 Å². The summed E-state index contributed by atoms with van der Waals surface area (Å²) >= 11 is 0. The molecule has 0 radical (unpaired) electrons. The third-order valence-corrected chi connectivity index (χ3v) is 3.32. The van der Waals surface area contributed by atoms with Gasteiger partial charge in [0.2, 0.25) is 0 Å². The SMILES string of the molecule is COC1CN(Cc2ccco2)Cc2ccnn2C1. The van der Waals surface area contributed by atoms with Gasteiger partial charge in [-0.1, -0.05) is 0 Å². The molecule has 0 fully saturated rings. The molecule has 1 unspecified atom stereocenters. The van der Waals surface area contributed by atoms with E-state index in [2.05, 4.69) is 16.1 Å². The fraction of sp³-hybridized carbons (Fsp3) is 0.462. The van der Waals surface area contributed by atoms with Gasteiger partial charge in [0, 0.05) is 26.4 Å². The molecule has 3 rings (SSSR count). The lowest BCUT2D eigenvalue weighted by molar-refractivity contribution is 0.0529. The van der Waals surface area contributed by atoms with Crippen molar-refractivity contribution in [2.45, 2.75) is 25.7 Å². The summed E-state index contributed by atoms with van der Waals surface area (Å²) in [5, 5.41) is 4.33. The first-order valence-electron chi connectivity index (χ1n) is 6.13. The summed E-state index contributed by atoms with van der Waals surface area (Å²) in [5.74, 6) is 0.984. The van der Waals surface area contributed by atoms with Crippen LogP contribution >= 0.6 is 0 Å². The van der Waals surface area contributed by atoms with Crippen molar-refractivity contribution in [2.75, 3.05) is 13.7 Å². The topological polar surface area (TPSA) is 43.4 Å². The highest BCUT2D eigenvalue weighted by atomic mass is 16.5. The molecule has 2 aromatic rings. The van der Waals surface area contributed by atoms with Crippen LogP contribution in [0.1, 0.15) is 11.5 Å². The molecule has 0 aromatic carbocycles. The predicted octanol–water partition coefficient (Wildman–Crippen LogP) is 1.51. The van der Waals surface area contributed by atoms with Crippen LogP contribution in [0.15, 0.2) is 35.1 Å². The zero-order chi connectivity index (χ0) is 12.4. The molecule has 3 heterocycles. The Morgan fingerprint density at radius 2 is 2.39 bits per heavy atom. The quantitative estimate of drug-likeness (QED) is 0.824. The molecule has 18 heavy (non-hydrogen) atoms. The third-order valence-electron chi connectivity index (χ3n) is 3.32. The van der Waals surface area contributed by atoms with E-state index in [9.17, 15) is 0 Å². The molecule has 1 aliphatic heterocycles. The number of rotatable bonds is 3. The molecule has 0 aliphatic carbocycles. The summed E-state index contributed by atoms with van der Waals surface area (Å²) in [6, 6.07) is 5.99. The summed E-state index contributed by atoms with van der Waals surface area (Å²) < 4.78 is 12.9. The number of nitrogens with zero attached hydrogens (tertiary/aromatic N) is 3. The largest absolute Gasteiger partial charge is 0.468 e. The van der Waals surface area contributed by atoms with Gasteiger partial charge < -0.3 is 9.15 Å². The Morgan fingerprint density at radius 1 is 1.44 bits per heavy atom. The second-order valence-corrected chi connectivity index (χ2v) is 4.61. The Morgan fingerprint density at radius 3 is 3.17 bits per heavy atom. The van der Waals surface area contributed by atoms with Crippen molar-refractivity contribution in [3.8, 4) is 0 Å². The van der Waals surface area contributed by atoms with Crippen LogP contribution in [-0.2, 0) is 24.4 Å². The van der Waals surface area contributed by atoms with E-state index >= 15 is 0 Å². The predicted molar refractivity (Wildman–Crippen MR) is 65.8 cm³/mol. The van der Waals surface area contributed by atoms with Gasteiger partial charge in [0.25, 0.3) is 0 Å². The summed E-state index contributed by atoms with van der Waals surface area (Å²) in [7, 11) is 1.75. The smallest absolute Gasteiger partial charge is 0.117 e. The Bertz CT molecular complexity index is 492. The zero-order valence-corrected chi connectivity index (χ0v) is 10.5. The number of furan rings is 1. The van der Waals surface area contributed by atoms with Crippen LogP contribution in [-0.4, -0.2) is 34.4 Å². The van der Waals surface area contributed by atoms with Gasteiger partial charge >= 0.3 is 0 Å². The van der Waals surface area contributed by atoms with Crippen molar-refractivity contribution < 1.29 is 9.15 Å². The molecule has 96 valence electrons. The van der Waals surface area contributed by atoms with Gasteiger partial charge in [-0.25, -0.2) is 0 Å². The molecule has 1 atom stereocenters. The van der Waals surface area contributed by atoms with Crippen molar-refractivity contribution in [3.63, 3.8) is 0 Å². The van der Waals surface area contributed by atoms with Crippen LogP contribution in [0.25, 0.3) is 0 Å². The lowest BCUT2D eigenvalue weighted by Crippen LogP contribution is -2.31. The van der Waals surface area contributed by atoms with Gasteiger partial charge in [-0.3, -0.25) is 9.58 Å².